The smallest absolute Gasteiger partial charge is 0.254 e. The van der Waals surface area contributed by atoms with E-state index in [1.165, 1.54) is 12.1 Å². The molecule has 1 aromatic carbocycles. The van der Waals surface area contributed by atoms with Crippen molar-refractivity contribution in [3.8, 4) is 0 Å². The Labute approximate surface area is 151 Å². The van der Waals surface area contributed by atoms with Crippen molar-refractivity contribution in [2.45, 2.75) is 57.0 Å². The zero-order valence-electron chi connectivity index (χ0n) is 15.3. The van der Waals surface area contributed by atoms with Gasteiger partial charge in [0.15, 0.2) is 0 Å². The highest BCUT2D eigenvalue weighted by molar-refractivity contribution is 7.89. The number of carbonyl (C=O) groups is 1. The Morgan fingerprint density at radius 1 is 1.32 bits per heavy atom. The van der Waals surface area contributed by atoms with E-state index in [1.54, 1.807) is 12.1 Å². The molecule has 2 N–H and O–H groups in total. The lowest BCUT2D eigenvalue weighted by atomic mass is 10.1. The van der Waals surface area contributed by atoms with Gasteiger partial charge in [0.2, 0.25) is 10.0 Å². The summed E-state index contributed by atoms with van der Waals surface area (Å²) < 4.78 is 27.3. The highest BCUT2D eigenvalue weighted by Gasteiger charge is 2.27. The molecule has 1 aliphatic rings. The van der Waals surface area contributed by atoms with Crippen LogP contribution in [-0.2, 0) is 10.0 Å². The maximum Gasteiger partial charge on any atom is 0.254 e. The Hall–Kier alpha value is -1.44. The average molecular weight is 368 g/mol. The number of amides is 1. The van der Waals surface area contributed by atoms with Crippen LogP contribution < -0.4 is 10.0 Å². The monoisotopic (exact) mass is 367 g/mol. The second-order valence-electron chi connectivity index (χ2n) is 6.60. The molecule has 0 aliphatic carbocycles. The number of sulfonamides is 1. The highest BCUT2D eigenvalue weighted by Crippen LogP contribution is 2.17. The number of nitrogens with zero attached hydrogens (tertiary/aromatic N) is 1. The van der Waals surface area contributed by atoms with Gasteiger partial charge in [-0.25, -0.2) is 13.1 Å². The van der Waals surface area contributed by atoms with Gasteiger partial charge in [0.1, 0.15) is 0 Å². The number of benzene rings is 1. The second-order valence-corrected chi connectivity index (χ2v) is 8.31. The molecule has 1 saturated heterocycles. The molecule has 0 aromatic heterocycles. The minimum atomic E-state index is -3.55. The predicted octanol–water partition coefficient (Wildman–Crippen LogP) is 1.98. The van der Waals surface area contributed by atoms with Gasteiger partial charge >= 0.3 is 0 Å². The predicted molar refractivity (Wildman–Crippen MR) is 99.1 cm³/mol. The standard InChI is InChI=1S/C18H29N3O3S/c1-4-12-21(16-10-11-19-13-16)18(22)15-6-8-17(9-7-15)25(23,24)20-14(3)5-2/h6-9,14,16,19-20H,4-5,10-13H2,1-3H3. The van der Waals surface area contributed by atoms with Gasteiger partial charge in [0, 0.05) is 30.7 Å². The van der Waals surface area contributed by atoms with Crippen LogP contribution in [0.25, 0.3) is 0 Å². The molecule has 140 valence electrons. The second kappa shape index (κ2) is 8.78. The zero-order valence-corrected chi connectivity index (χ0v) is 16.1. The topological polar surface area (TPSA) is 78.5 Å². The number of nitrogens with one attached hydrogen (secondary N) is 2. The molecule has 2 unspecified atom stereocenters. The van der Waals surface area contributed by atoms with Crippen molar-refractivity contribution < 1.29 is 13.2 Å². The molecular weight excluding hydrogens is 338 g/mol. The minimum absolute atomic E-state index is 0.0330. The first-order valence-corrected chi connectivity index (χ1v) is 10.5. The summed E-state index contributed by atoms with van der Waals surface area (Å²) >= 11 is 0. The fraction of sp³-hybridized carbons (Fsp3) is 0.611. The van der Waals surface area contributed by atoms with Crippen LogP contribution in [0, 0.1) is 0 Å². The molecule has 6 nitrogen and oxygen atoms in total. The lowest BCUT2D eigenvalue weighted by Gasteiger charge is -2.28. The van der Waals surface area contributed by atoms with Gasteiger partial charge in [-0.2, -0.15) is 0 Å². The summed E-state index contributed by atoms with van der Waals surface area (Å²) in [5.41, 5.74) is 0.530. The Morgan fingerprint density at radius 3 is 2.52 bits per heavy atom. The number of carbonyl (C=O) groups excluding carboxylic acids is 1. The molecule has 0 saturated carbocycles. The summed E-state index contributed by atoms with van der Waals surface area (Å²) in [6.07, 6.45) is 2.57. The average Bonchev–Trinajstić information content (AvgIpc) is 3.13. The molecule has 2 atom stereocenters. The van der Waals surface area contributed by atoms with Crippen LogP contribution in [0.4, 0.5) is 0 Å². The minimum Gasteiger partial charge on any atom is -0.334 e. The third-order valence-corrected chi connectivity index (χ3v) is 6.19. The molecule has 2 rings (SSSR count). The lowest BCUT2D eigenvalue weighted by molar-refractivity contribution is 0.0692. The van der Waals surface area contributed by atoms with Crippen molar-refractivity contribution in [3.63, 3.8) is 0 Å². The van der Waals surface area contributed by atoms with E-state index in [0.29, 0.717) is 12.1 Å². The summed E-state index contributed by atoms with van der Waals surface area (Å²) in [5, 5.41) is 3.29. The van der Waals surface area contributed by atoms with Crippen molar-refractivity contribution in [2.24, 2.45) is 0 Å². The first-order chi connectivity index (χ1) is 11.9. The lowest BCUT2D eigenvalue weighted by Crippen LogP contribution is -2.42. The van der Waals surface area contributed by atoms with Gasteiger partial charge in [-0.05, 0) is 57.0 Å². The van der Waals surface area contributed by atoms with Crippen LogP contribution >= 0.6 is 0 Å². The summed E-state index contributed by atoms with van der Waals surface area (Å²) in [6.45, 7) is 8.26. The largest absolute Gasteiger partial charge is 0.334 e. The zero-order chi connectivity index (χ0) is 18.4. The quantitative estimate of drug-likeness (QED) is 0.736. The number of hydrogen-bond acceptors (Lipinski definition) is 4. The van der Waals surface area contributed by atoms with Crippen LogP contribution in [0.3, 0.4) is 0 Å². The molecule has 1 amide bonds. The maximum absolute atomic E-state index is 12.8. The summed E-state index contributed by atoms with van der Waals surface area (Å²) in [4.78, 5) is 14.9. The van der Waals surface area contributed by atoms with Crippen LogP contribution in [0.1, 0.15) is 50.4 Å². The van der Waals surface area contributed by atoms with Gasteiger partial charge in [-0.1, -0.05) is 13.8 Å². The van der Waals surface area contributed by atoms with E-state index in [-0.39, 0.29) is 22.9 Å². The normalized spacial score (nSPS) is 18.9. The molecule has 0 bridgehead atoms. The molecule has 1 fully saturated rings. The van der Waals surface area contributed by atoms with E-state index >= 15 is 0 Å². The van der Waals surface area contributed by atoms with Crippen molar-refractivity contribution in [2.75, 3.05) is 19.6 Å². The fourth-order valence-electron chi connectivity index (χ4n) is 2.96. The molecule has 25 heavy (non-hydrogen) atoms. The van der Waals surface area contributed by atoms with E-state index in [9.17, 15) is 13.2 Å². The van der Waals surface area contributed by atoms with E-state index in [4.69, 9.17) is 0 Å². The van der Waals surface area contributed by atoms with Crippen molar-refractivity contribution in [1.82, 2.24) is 14.9 Å². The molecule has 0 spiro atoms. The van der Waals surface area contributed by atoms with Crippen LogP contribution in [-0.4, -0.2) is 50.9 Å². The Balaban J connectivity index is 2.16. The van der Waals surface area contributed by atoms with E-state index in [2.05, 4.69) is 17.0 Å². The Morgan fingerprint density at radius 2 is 2.00 bits per heavy atom. The Kier molecular flexibility index (Phi) is 6.98. The third kappa shape index (κ3) is 5.03. The summed E-state index contributed by atoms with van der Waals surface area (Å²) in [7, 11) is -3.55. The van der Waals surface area contributed by atoms with Gasteiger partial charge < -0.3 is 10.2 Å². The summed E-state index contributed by atoms with van der Waals surface area (Å²) in [6, 6.07) is 6.32. The number of rotatable bonds is 8. The molecule has 1 heterocycles. The number of hydrogen-bond donors (Lipinski definition) is 2. The highest BCUT2D eigenvalue weighted by atomic mass is 32.2. The fourth-order valence-corrected chi connectivity index (χ4v) is 4.28. The van der Waals surface area contributed by atoms with Gasteiger partial charge in [0.25, 0.3) is 5.91 Å². The van der Waals surface area contributed by atoms with Crippen LogP contribution in [0.2, 0.25) is 0 Å². The van der Waals surface area contributed by atoms with Gasteiger partial charge in [-0.15, -0.1) is 0 Å². The van der Waals surface area contributed by atoms with Crippen LogP contribution in [0.15, 0.2) is 29.2 Å². The third-order valence-electron chi connectivity index (χ3n) is 4.58. The molecule has 0 radical (unpaired) electrons. The first kappa shape index (κ1) is 19.9. The van der Waals surface area contributed by atoms with Crippen molar-refractivity contribution in [3.05, 3.63) is 29.8 Å². The van der Waals surface area contributed by atoms with Crippen molar-refractivity contribution >= 4 is 15.9 Å². The van der Waals surface area contributed by atoms with Crippen molar-refractivity contribution in [1.29, 1.82) is 0 Å². The molecule has 7 heteroatoms. The SMILES string of the molecule is CCCN(C(=O)c1ccc(S(=O)(=O)NC(C)CC)cc1)C1CCNC1. The van der Waals surface area contributed by atoms with E-state index in [0.717, 1.165) is 32.4 Å². The van der Waals surface area contributed by atoms with Gasteiger partial charge in [0.05, 0.1) is 4.90 Å². The van der Waals surface area contributed by atoms with E-state index in [1.807, 2.05) is 18.7 Å². The Bertz CT molecular complexity index is 667. The van der Waals surface area contributed by atoms with Gasteiger partial charge in [-0.3, -0.25) is 4.79 Å². The first-order valence-electron chi connectivity index (χ1n) is 9.03. The molecule has 1 aromatic rings. The molecular formula is C18H29N3O3S. The van der Waals surface area contributed by atoms with Crippen LogP contribution in [0.5, 0.6) is 0 Å². The van der Waals surface area contributed by atoms with E-state index < -0.39 is 10.0 Å². The molecule has 1 aliphatic heterocycles. The summed E-state index contributed by atoms with van der Waals surface area (Å²) in [5.74, 6) is -0.0330. The maximum atomic E-state index is 12.8.